The number of hydrogen-bond donors (Lipinski definition) is 1. The fraction of sp³-hybridized carbons (Fsp3) is 0.933. The number of likely N-dealkylation sites (tertiary alicyclic amines) is 1. The minimum Gasteiger partial charge on any atom is -0.382 e. The zero-order chi connectivity index (χ0) is 13.9. The molecule has 120 valence electrons. The Morgan fingerprint density at radius 2 is 2.15 bits per heavy atom. The molecule has 1 saturated heterocycles. The first-order chi connectivity index (χ1) is 9.27. The Bertz CT molecular complexity index is 262. The SMILES string of the molecule is CCNC(=NCCCCOCC)N1CCCC(C)C1.I. The summed E-state index contributed by atoms with van der Waals surface area (Å²) in [6, 6.07) is 0. The molecule has 0 bridgehead atoms. The van der Waals surface area contributed by atoms with Gasteiger partial charge in [0.25, 0.3) is 0 Å². The smallest absolute Gasteiger partial charge is 0.193 e. The summed E-state index contributed by atoms with van der Waals surface area (Å²) >= 11 is 0. The number of guanidine groups is 1. The first kappa shape index (κ1) is 20.0. The van der Waals surface area contributed by atoms with Crippen molar-refractivity contribution in [1.82, 2.24) is 10.2 Å². The predicted molar refractivity (Wildman–Crippen MR) is 97.1 cm³/mol. The average Bonchev–Trinajstić information content (AvgIpc) is 2.41. The lowest BCUT2D eigenvalue weighted by molar-refractivity contribution is 0.144. The molecular weight excluding hydrogens is 365 g/mol. The Kier molecular flexibility index (Phi) is 12.7. The molecule has 1 unspecified atom stereocenters. The van der Waals surface area contributed by atoms with E-state index in [0.717, 1.165) is 64.1 Å². The van der Waals surface area contributed by atoms with Crippen molar-refractivity contribution in [3.63, 3.8) is 0 Å². The van der Waals surface area contributed by atoms with Gasteiger partial charge in [-0.3, -0.25) is 4.99 Å². The van der Waals surface area contributed by atoms with E-state index in [4.69, 9.17) is 9.73 Å². The summed E-state index contributed by atoms with van der Waals surface area (Å²) in [7, 11) is 0. The number of hydrogen-bond acceptors (Lipinski definition) is 2. The second-order valence-corrected chi connectivity index (χ2v) is 5.33. The van der Waals surface area contributed by atoms with Crippen LogP contribution in [0.2, 0.25) is 0 Å². The lowest BCUT2D eigenvalue weighted by atomic mass is 10.0. The summed E-state index contributed by atoms with van der Waals surface area (Å²) in [5, 5.41) is 3.42. The van der Waals surface area contributed by atoms with Crippen LogP contribution in [0.5, 0.6) is 0 Å². The summed E-state index contributed by atoms with van der Waals surface area (Å²) < 4.78 is 5.34. The van der Waals surface area contributed by atoms with Crippen LogP contribution in [-0.4, -0.2) is 50.3 Å². The van der Waals surface area contributed by atoms with Gasteiger partial charge in [-0.25, -0.2) is 0 Å². The van der Waals surface area contributed by atoms with Crippen molar-refractivity contribution in [2.45, 2.75) is 46.5 Å². The molecule has 0 amide bonds. The third-order valence-electron chi connectivity index (χ3n) is 3.45. The Labute approximate surface area is 141 Å². The number of piperidine rings is 1. The number of unbranched alkanes of at least 4 members (excludes halogenated alkanes) is 1. The van der Waals surface area contributed by atoms with Crippen molar-refractivity contribution in [2.24, 2.45) is 10.9 Å². The summed E-state index contributed by atoms with van der Waals surface area (Å²) in [6.45, 7) is 12.3. The molecule has 0 spiro atoms. The molecule has 0 aromatic heterocycles. The summed E-state index contributed by atoms with van der Waals surface area (Å²) in [5.74, 6) is 1.89. The minimum absolute atomic E-state index is 0. The minimum atomic E-state index is 0. The summed E-state index contributed by atoms with van der Waals surface area (Å²) in [4.78, 5) is 7.16. The van der Waals surface area contributed by atoms with E-state index in [1.54, 1.807) is 0 Å². The van der Waals surface area contributed by atoms with E-state index >= 15 is 0 Å². The van der Waals surface area contributed by atoms with E-state index in [0.29, 0.717) is 0 Å². The van der Waals surface area contributed by atoms with E-state index in [9.17, 15) is 0 Å². The van der Waals surface area contributed by atoms with Crippen LogP contribution in [0.15, 0.2) is 4.99 Å². The Balaban J connectivity index is 0.00000361. The van der Waals surface area contributed by atoms with Crippen LogP contribution in [0.25, 0.3) is 0 Å². The topological polar surface area (TPSA) is 36.9 Å². The number of aliphatic imine (C=N–C) groups is 1. The largest absolute Gasteiger partial charge is 0.382 e. The Hall–Kier alpha value is -0.0400. The summed E-state index contributed by atoms with van der Waals surface area (Å²) in [5.41, 5.74) is 0. The van der Waals surface area contributed by atoms with Gasteiger partial charge in [0, 0.05) is 39.4 Å². The van der Waals surface area contributed by atoms with E-state index in [2.05, 4.69) is 24.1 Å². The first-order valence-corrected chi connectivity index (χ1v) is 7.88. The van der Waals surface area contributed by atoms with E-state index in [1.165, 1.54) is 12.8 Å². The molecule has 1 N–H and O–H groups in total. The van der Waals surface area contributed by atoms with Crippen LogP contribution in [0.3, 0.4) is 0 Å². The average molecular weight is 397 g/mol. The first-order valence-electron chi connectivity index (χ1n) is 7.88. The zero-order valence-corrected chi connectivity index (χ0v) is 15.7. The van der Waals surface area contributed by atoms with E-state index in [1.807, 2.05) is 6.92 Å². The molecule has 0 aromatic carbocycles. The summed E-state index contributed by atoms with van der Waals surface area (Å²) in [6.07, 6.45) is 4.85. The highest BCUT2D eigenvalue weighted by molar-refractivity contribution is 14.0. The van der Waals surface area contributed by atoms with Gasteiger partial charge in [-0.15, -0.1) is 24.0 Å². The number of nitrogens with zero attached hydrogens (tertiary/aromatic N) is 2. The molecule has 0 saturated carbocycles. The molecular formula is C15H32IN3O. The Morgan fingerprint density at radius 1 is 1.35 bits per heavy atom. The third-order valence-corrected chi connectivity index (χ3v) is 3.45. The molecule has 0 aromatic rings. The number of nitrogens with one attached hydrogen (secondary N) is 1. The predicted octanol–water partition coefficient (Wildman–Crippen LogP) is 3.12. The molecule has 1 heterocycles. The Morgan fingerprint density at radius 3 is 2.80 bits per heavy atom. The second kappa shape index (κ2) is 12.7. The maximum atomic E-state index is 5.34. The van der Waals surface area contributed by atoms with Crippen molar-refractivity contribution in [3.05, 3.63) is 0 Å². The fourth-order valence-corrected chi connectivity index (χ4v) is 2.45. The van der Waals surface area contributed by atoms with Gasteiger partial charge in [-0.05, 0) is 45.4 Å². The molecule has 5 heteroatoms. The van der Waals surface area contributed by atoms with Crippen molar-refractivity contribution >= 4 is 29.9 Å². The zero-order valence-electron chi connectivity index (χ0n) is 13.4. The van der Waals surface area contributed by atoms with Crippen LogP contribution in [-0.2, 0) is 4.74 Å². The number of halogens is 1. The van der Waals surface area contributed by atoms with Crippen LogP contribution < -0.4 is 5.32 Å². The molecule has 1 aliphatic heterocycles. The van der Waals surface area contributed by atoms with Gasteiger partial charge in [-0.2, -0.15) is 0 Å². The molecule has 1 aliphatic rings. The van der Waals surface area contributed by atoms with Gasteiger partial charge in [0.05, 0.1) is 0 Å². The van der Waals surface area contributed by atoms with Crippen LogP contribution in [0, 0.1) is 5.92 Å². The second-order valence-electron chi connectivity index (χ2n) is 5.33. The van der Waals surface area contributed by atoms with Gasteiger partial charge >= 0.3 is 0 Å². The normalized spacial score (nSPS) is 19.6. The fourth-order valence-electron chi connectivity index (χ4n) is 2.45. The van der Waals surface area contributed by atoms with Gasteiger partial charge in [0.1, 0.15) is 0 Å². The third kappa shape index (κ3) is 8.29. The molecule has 0 aliphatic carbocycles. The van der Waals surface area contributed by atoms with Crippen LogP contribution >= 0.6 is 24.0 Å². The van der Waals surface area contributed by atoms with Gasteiger partial charge in [0.2, 0.25) is 0 Å². The standard InChI is InChI=1S/C15H31N3O.HI/c1-4-16-15(17-10-6-7-12-19-5-2)18-11-8-9-14(3)13-18;/h14H,4-13H2,1-3H3,(H,16,17);1H. The van der Waals surface area contributed by atoms with E-state index in [-0.39, 0.29) is 24.0 Å². The maximum absolute atomic E-state index is 5.34. The van der Waals surface area contributed by atoms with Crippen molar-refractivity contribution in [1.29, 1.82) is 0 Å². The van der Waals surface area contributed by atoms with Crippen LogP contribution in [0.4, 0.5) is 0 Å². The highest BCUT2D eigenvalue weighted by Gasteiger charge is 2.18. The molecule has 1 atom stereocenters. The lowest BCUT2D eigenvalue weighted by Gasteiger charge is -2.33. The lowest BCUT2D eigenvalue weighted by Crippen LogP contribution is -2.46. The van der Waals surface area contributed by atoms with Crippen molar-refractivity contribution in [2.75, 3.05) is 39.4 Å². The number of rotatable bonds is 7. The maximum Gasteiger partial charge on any atom is 0.193 e. The number of ether oxygens (including phenoxy) is 1. The van der Waals surface area contributed by atoms with E-state index < -0.39 is 0 Å². The van der Waals surface area contributed by atoms with Crippen LogP contribution in [0.1, 0.15) is 46.5 Å². The van der Waals surface area contributed by atoms with Crippen molar-refractivity contribution < 1.29 is 4.74 Å². The van der Waals surface area contributed by atoms with Gasteiger partial charge in [0.15, 0.2) is 5.96 Å². The molecule has 0 radical (unpaired) electrons. The van der Waals surface area contributed by atoms with Gasteiger partial charge < -0.3 is 15.0 Å². The molecule has 1 fully saturated rings. The van der Waals surface area contributed by atoms with Gasteiger partial charge in [-0.1, -0.05) is 6.92 Å². The monoisotopic (exact) mass is 397 g/mol. The molecule has 20 heavy (non-hydrogen) atoms. The van der Waals surface area contributed by atoms with Crippen molar-refractivity contribution in [3.8, 4) is 0 Å². The highest BCUT2D eigenvalue weighted by Crippen LogP contribution is 2.15. The molecule has 4 nitrogen and oxygen atoms in total. The molecule has 1 rings (SSSR count). The quantitative estimate of drug-likeness (QED) is 0.311. The highest BCUT2D eigenvalue weighted by atomic mass is 127.